The van der Waals surface area contributed by atoms with Crippen molar-refractivity contribution in [1.29, 1.82) is 0 Å². The highest BCUT2D eigenvalue weighted by atomic mass is 32.2. The Morgan fingerprint density at radius 1 is 1.00 bits per heavy atom. The third kappa shape index (κ3) is 3.77. The number of hydrogen-bond acceptors (Lipinski definition) is 4. The predicted molar refractivity (Wildman–Crippen MR) is 122 cm³/mol. The SMILES string of the molecule is O=C(Nc1cccc(CSc2cccc3[nH]ncc23)c1)c1ccc2ncccc2c1. The Kier molecular flexibility index (Phi) is 4.91. The number of aromatic amines is 1. The van der Waals surface area contributed by atoms with Gasteiger partial charge in [-0.3, -0.25) is 14.9 Å². The quantitative estimate of drug-likeness (QED) is 0.367. The fourth-order valence-corrected chi connectivity index (χ4v) is 4.38. The topological polar surface area (TPSA) is 70.7 Å². The minimum absolute atomic E-state index is 0.131. The molecule has 0 radical (unpaired) electrons. The van der Waals surface area contributed by atoms with Gasteiger partial charge in [0.15, 0.2) is 0 Å². The van der Waals surface area contributed by atoms with Crippen molar-refractivity contribution in [2.24, 2.45) is 0 Å². The molecule has 0 saturated heterocycles. The molecule has 0 aliphatic carbocycles. The van der Waals surface area contributed by atoms with Crippen molar-refractivity contribution in [2.75, 3.05) is 5.32 Å². The molecule has 0 aliphatic rings. The first-order valence-electron chi connectivity index (χ1n) is 9.56. The van der Waals surface area contributed by atoms with Gasteiger partial charge in [-0.2, -0.15) is 5.10 Å². The van der Waals surface area contributed by atoms with Gasteiger partial charge in [0, 0.05) is 38.9 Å². The average molecular weight is 411 g/mol. The van der Waals surface area contributed by atoms with E-state index in [-0.39, 0.29) is 5.91 Å². The highest BCUT2D eigenvalue weighted by Crippen LogP contribution is 2.30. The maximum atomic E-state index is 12.7. The number of H-pyrrole nitrogens is 1. The Morgan fingerprint density at radius 2 is 1.93 bits per heavy atom. The summed E-state index contributed by atoms with van der Waals surface area (Å²) in [7, 11) is 0. The van der Waals surface area contributed by atoms with E-state index in [1.807, 2.05) is 60.8 Å². The first-order chi connectivity index (χ1) is 14.8. The highest BCUT2D eigenvalue weighted by Gasteiger charge is 2.09. The van der Waals surface area contributed by atoms with Gasteiger partial charge in [-0.15, -0.1) is 11.8 Å². The van der Waals surface area contributed by atoms with Gasteiger partial charge in [-0.05, 0) is 54.1 Å². The van der Waals surface area contributed by atoms with E-state index in [0.29, 0.717) is 5.56 Å². The molecule has 2 aromatic heterocycles. The summed E-state index contributed by atoms with van der Waals surface area (Å²) in [4.78, 5) is 18.2. The van der Waals surface area contributed by atoms with Crippen LogP contribution in [-0.4, -0.2) is 21.1 Å². The van der Waals surface area contributed by atoms with Gasteiger partial charge in [0.25, 0.3) is 5.91 Å². The van der Waals surface area contributed by atoms with Gasteiger partial charge in [-0.1, -0.05) is 24.3 Å². The van der Waals surface area contributed by atoms with Crippen LogP contribution in [-0.2, 0) is 5.75 Å². The van der Waals surface area contributed by atoms with Crippen LogP contribution in [0, 0.1) is 0 Å². The third-order valence-corrected chi connectivity index (χ3v) is 6.03. The predicted octanol–water partition coefficient (Wildman–Crippen LogP) is 5.66. The van der Waals surface area contributed by atoms with E-state index in [2.05, 4.69) is 32.6 Å². The number of benzene rings is 3. The van der Waals surface area contributed by atoms with Gasteiger partial charge in [0.2, 0.25) is 0 Å². The maximum Gasteiger partial charge on any atom is 0.255 e. The number of carbonyl (C=O) groups excluding carboxylic acids is 1. The fourth-order valence-electron chi connectivity index (χ4n) is 3.39. The second-order valence-corrected chi connectivity index (χ2v) is 7.96. The lowest BCUT2D eigenvalue weighted by Gasteiger charge is -2.09. The lowest BCUT2D eigenvalue weighted by molar-refractivity contribution is 0.102. The van der Waals surface area contributed by atoms with Gasteiger partial charge in [0.05, 0.1) is 17.2 Å². The van der Waals surface area contributed by atoms with Crippen molar-refractivity contribution in [3.8, 4) is 0 Å². The molecule has 2 heterocycles. The van der Waals surface area contributed by atoms with Gasteiger partial charge in [0.1, 0.15) is 0 Å². The number of aromatic nitrogens is 3. The molecule has 0 aliphatic heterocycles. The number of amides is 1. The molecular formula is C24H18N4OS. The molecule has 0 saturated carbocycles. The monoisotopic (exact) mass is 410 g/mol. The molecule has 1 amide bonds. The van der Waals surface area contributed by atoms with E-state index in [1.165, 1.54) is 4.90 Å². The molecule has 0 bridgehead atoms. The molecule has 5 nitrogen and oxygen atoms in total. The number of pyridine rings is 1. The summed E-state index contributed by atoms with van der Waals surface area (Å²) in [5.41, 5.74) is 4.45. The van der Waals surface area contributed by atoms with E-state index in [0.717, 1.165) is 38.8 Å². The van der Waals surface area contributed by atoms with Crippen molar-refractivity contribution >= 4 is 45.2 Å². The lowest BCUT2D eigenvalue weighted by atomic mass is 10.1. The van der Waals surface area contributed by atoms with Crippen molar-refractivity contribution in [1.82, 2.24) is 15.2 Å². The second kappa shape index (κ2) is 8.00. The molecule has 5 rings (SSSR count). The van der Waals surface area contributed by atoms with E-state index in [9.17, 15) is 4.79 Å². The largest absolute Gasteiger partial charge is 0.322 e. The zero-order chi connectivity index (χ0) is 20.3. The molecule has 0 unspecified atom stereocenters. The van der Waals surface area contributed by atoms with Crippen molar-refractivity contribution in [3.63, 3.8) is 0 Å². The number of rotatable bonds is 5. The number of fused-ring (bicyclic) bond motifs is 2. The van der Waals surface area contributed by atoms with Crippen molar-refractivity contribution < 1.29 is 4.79 Å². The normalized spacial score (nSPS) is 11.1. The fraction of sp³-hybridized carbons (Fsp3) is 0.0417. The molecule has 0 atom stereocenters. The number of nitrogens with one attached hydrogen (secondary N) is 2. The minimum Gasteiger partial charge on any atom is -0.322 e. The molecule has 3 aromatic carbocycles. The van der Waals surface area contributed by atoms with E-state index in [4.69, 9.17) is 0 Å². The van der Waals surface area contributed by atoms with E-state index in [1.54, 1.807) is 24.0 Å². The number of anilines is 1. The van der Waals surface area contributed by atoms with Gasteiger partial charge >= 0.3 is 0 Å². The molecule has 5 aromatic rings. The summed E-state index contributed by atoms with van der Waals surface area (Å²) in [5.74, 6) is 0.670. The van der Waals surface area contributed by atoms with Crippen LogP contribution in [0.2, 0.25) is 0 Å². The smallest absolute Gasteiger partial charge is 0.255 e. The van der Waals surface area contributed by atoms with Crippen LogP contribution in [0.15, 0.2) is 90.1 Å². The molecule has 0 spiro atoms. The molecule has 30 heavy (non-hydrogen) atoms. The first-order valence-corrected chi connectivity index (χ1v) is 10.5. The van der Waals surface area contributed by atoms with Gasteiger partial charge in [-0.25, -0.2) is 0 Å². The number of carbonyl (C=O) groups is 1. The Morgan fingerprint density at radius 3 is 2.90 bits per heavy atom. The Hall–Kier alpha value is -3.64. The van der Waals surface area contributed by atoms with Crippen LogP contribution < -0.4 is 5.32 Å². The highest BCUT2D eigenvalue weighted by molar-refractivity contribution is 7.98. The summed E-state index contributed by atoms with van der Waals surface area (Å²) in [6.45, 7) is 0. The zero-order valence-corrected chi connectivity index (χ0v) is 16.8. The van der Waals surface area contributed by atoms with E-state index < -0.39 is 0 Å². The van der Waals surface area contributed by atoms with Crippen molar-refractivity contribution in [3.05, 3.63) is 96.3 Å². The van der Waals surface area contributed by atoms with E-state index >= 15 is 0 Å². The Labute approximate surface area is 177 Å². The minimum atomic E-state index is -0.131. The molecule has 146 valence electrons. The summed E-state index contributed by atoms with van der Waals surface area (Å²) in [6, 6.07) is 23.5. The Balaban J connectivity index is 1.30. The number of hydrogen-bond donors (Lipinski definition) is 2. The van der Waals surface area contributed by atoms with Crippen LogP contribution in [0.25, 0.3) is 21.8 Å². The van der Waals surface area contributed by atoms with Crippen LogP contribution in [0.5, 0.6) is 0 Å². The molecule has 6 heteroatoms. The van der Waals surface area contributed by atoms with Gasteiger partial charge < -0.3 is 5.32 Å². The number of thioether (sulfide) groups is 1. The Bertz CT molecular complexity index is 1360. The summed E-state index contributed by atoms with van der Waals surface area (Å²) < 4.78 is 0. The summed E-state index contributed by atoms with van der Waals surface area (Å²) >= 11 is 1.75. The van der Waals surface area contributed by atoms with Crippen LogP contribution in [0.3, 0.4) is 0 Å². The molecular weight excluding hydrogens is 392 g/mol. The second-order valence-electron chi connectivity index (χ2n) is 6.94. The summed E-state index contributed by atoms with van der Waals surface area (Å²) in [6.07, 6.45) is 3.60. The van der Waals surface area contributed by atoms with Crippen LogP contribution >= 0.6 is 11.8 Å². The lowest BCUT2D eigenvalue weighted by Crippen LogP contribution is -2.11. The average Bonchev–Trinajstić information content (AvgIpc) is 3.27. The standard InChI is InChI=1S/C24H18N4OS/c29-24(18-9-10-21-17(13-18)5-3-11-25-21)27-19-6-1-4-16(12-19)15-30-23-8-2-7-22-20(23)14-26-28-22/h1-14H,15H2,(H,26,28)(H,27,29). The molecule has 0 fully saturated rings. The third-order valence-electron chi connectivity index (χ3n) is 4.89. The molecule has 2 N–H and O–H groups in total. The maximum absolute atomic E-state index is 12.7. The van der Waals surface area contributed by atoms with Crippen LogP contribution in [0.1, 0.15) is 15.9 Å². The van der Waals surface area contributed by atoms with Crippen molar-refractivity contribution in [2.45, 2.75) is 10.6 Å². The zero-order valence-electron chi connectivity index (χ0n) is 16.0. The number of nitrogens with zero attached hydrogens (tertiary/aromatic N) is 2. The summed E-state index contributed by atoms with van der Waals surface area (Å²) in [5, 5.41) is 12.2. The first kappa shape index (κ1) is 18.4. The van der Waals surface area contributed by atoms with Crippen LogP contribution in [0.4, 0.5) is 5.69 Å².